The van der Waals surface area contributed by atoms with Gasteiger partial charge in [0.05, 0.1) is 6.33 Å². The number of aromatic nitrogens is 4. The van der Waals surface area contributed by atoms with E-state index in [2.05, 4.69) is 25.9 Å². The van der Waals surface area contributed by atoms with Gasteiger partial charge in [0.25, 0.3) is 5.56 Å². The van der Waals surface area contributed by atoms with Crippen molar-refractivity contribution in [2.75, 3.05) is 0 Å². The third kappa shape index (κ3) is 2.58. The van der Waals surface area contributed by atoms with Crippen molar-refractivity contribution in [3.05, 3.63) is 44.5 Å². The minimum atomic E-state index is -0.178. The van der Waals surface area contributed by atoms with E-state index in [4.69, 9.17) is 11.6 Å². The molecule has 2 aromatic heterocycles. The summed E-state index contributed by atoms with van der Waals surface area (Å²) in [5.41, 5.74) is -0.178. The van der Waals surface area contributed by atoms with Crippen molar-refractivity contribution < 1.29 is 0 Å². The zero-order valence-corrected chi connectivity index (χ0v) is 11.4. The molecule has 7 heteroatoms. The van der Waals surface area contributed by atoms with Crippen LogP contribution >= 0.6 is 27.5 Å². The number of hydrogen-bond donors (Lipinski definition) is 0. The van der Waals surface area contributed by atoms with Crippen molar-refractivity contribution in [1.29, 1.82) is 0 Å². The zero-order valence-electron chi connectivity index (χ0n) is 9.10. The second kappa shape index (κ2) is 5.01. The van der Waals surface area contributed by atoms with Crippen LogP contribution in [-0.4, -0.2) is 19.1 Å². The highest BCUT2D eigenvalue weighted by atomic mass is 79.9. The number of aryl methyl sites for hydroxylation is 3. The SMILES string of the molecule is Cc1nccn1CCn1cnc(Cl)c(Br)c1=O. The maximum absolute atomic E-state index is 11.8. The summed E-state index contributed by atoms with van der Waals surface area (Å²) in [6.07, 6.45) is 5.05. The molecular weight excluding hydrogens is 307 g/mol. The predicted molar refractivity (Wildman–Crippen MR) is 68.2 cm³/mol. The third-order valence-corrected chi connectivity index (χ3v) is 3.68. The molecule has 0 aliphatic heterocycles. The molecule has 2 heterocycles. The van der Waals surface area contributed by atoms with Crippen molar-refractivity contribution in [3.63, 3.8) is 0 Å². The molecule has 0 amide bonds. The molecular formula is C10H10BrClN4O. The first kappa shape index (κ1) is 12.3. The van der Waals surface area contributed by atoms with E-state index in [0.717, 1.165) is 5.82 Å². The fourth-order valence-electron chi connectivity index (χ4n) is 1.46. The minimum Gasteiger partial charge on any atom is -0.333 e. The van der Waals surface area contributed by atoms with Gasteiger partial charge in [-0.1, -0.05) is 11.6 Å². The van der Waals surface area contributed by atoms with Gasteiger partial charge in [0.2, 0.25) is 0 Å². The molecule has 0 fully saturated rings. The Balaban J connectivity index is 2.18. The lowest BCUT2D eigenvalue weighted by molar-refractivity contribution is 0.547. The normalized spacial score (nSPS) is 10.8. The fourth-order valence-corrected chi connectivity index (χ4v) is 1.91. The Labute approximate surface area is 111 Å². The van der Waals surface area contributed by atoms with E-state index in [1.54, 1.807) is 6.20 Å². The van der Waals surface area contributed by atoms with E-state index in [1.807, 2.05) is 17.7 Å². The average molecular weight is 318 g/mol. The molecule has 5 nitrogen and oxygen atoms in total. The van der Waals surface area contributed by atoms with Crippen molar-refractivity contribution in [1.82, 2.24) is 19.1 Å². The minimum absolute atomic E-state index is 0.178. The van der Waals surface area contributed by atoms with Crippen molar-refractivity contribution in [3.8, 4) is 0 Å². The Bertz CT molecular complexity index is 592. The molecule has 17 heavy (non-hydrogen) atoms. The molecule has 0 unspecified atom stereocenters. The Kier molecular flexibility index (Phi) is 3.63. The molecule has 0 radical (unpaired) electrons. The molecule has 0 N–H and O–H groups in total. The highest BCUT2D eigenvalue weighted by molar-refractivity contribution is 9.10. The van der Waals surface area contributed by atoms with Gasteiger partial charge < -0.3 is 4.57 Å². The molecule has 2 aromatic rings. The summed E-state index contributed by atoms with van der Waals surface area (Å²) in [5, 5.41) is 0.185. The van der Waals surface area contributed by atoms with Gasteiger partial charge in [0.15, 0.2) is 5.15 Å². The number of halogens is 2. The number of hydrogen-bond acceptors (Lipinski definition) is 3. The van der Waals surface area contributed by atoms with E-state index in [1.165, 1.54) is 10.9 Å². The summed E-state index contributed by atoms with van der Waals surface area (Å²) >= 11 is 8.84. The van der Waals surface area contributed by atoms with Crippen LogP contribution in [0.15, 0.2) is 28.0 Å². The number of imidazole rings is 1. The number of rotatable bonds is 3. The smallest absolute Gasteiger partial charge is 0.269 e. The van der Waals surface area contributed by atoms with Crippen LogP contribution < -0.4 is 5.56 Å². The predicted octanol–water partition coefficient (Wildman–Crippen LogP) is 1.86. The lowest BCUT2D eigenvalue weighted by atomic mass is 10.5. The largest absolute Gasteiger partial charge is 0.333 e. The molecule has 0 saturated heterocycles. The summed E-state index contributed by atoms with van der Waals surface area (Å²) in [5.74, 6) is 0.916. The van der Waals surface area contributed by atoms with Crippen molar-refractivity contribution in [2.45, 2.75) is 20.0 Å². The van der Waals surface area contributed by atoms with Gasteiger partial charge >= 0.3 is 0 Å². The van der Waals surface area contributed by atoms with Gasteiger partial charge in [-0.2, -0.15) is 0 Å². The van der Waals surface area contributed by atoms with Crippen LogP contribution in [0.2, 0.25) is 5.15 Å². The second-order valence-corrected chi connectivity index (χ2v) is 4.67. The molecule has 0 aliphatic rings. The summed E-state index contributed by atoms with van der Waals surface area (Å²) < 4.78 is 3.77. The monoisotopic (exact) mass is 316 g/mol. The first-order chi connectivity index (χ1) is 8.09. The molecule has 0 aromatic carbocycles. The molecule has 2 rings (SSSR count). The zero-order chi connectivity index (χ0) is 12.4. The van der Waals surface area contributed by atoms with E-state index in [-0.39, 0.29) is 10.7 Å². The van der Waals surface area contributed by atoms with Crippen LogP contribution in [0.5, 0.6) is 0 Å². The lowest BCUT2D eigenvalue weighted by Gasteiger charge is -2.08. The first-order valence-corrected chi connectivity index (χ1v) is 6.15. The average Bonchev–Trinajstić information content (AvgIpc) is 2.71. The lowest BCUT2D eigenvalue weighted by Crippen LogP contribution is -2.23. The maximum atomic E-state index is 11.8. The summed E-state index contributed by atoms with van der Waals surface area (Å²) in [7, 11) is 0. The van der Waals surface area contributed by atoms with Gasteiger partial charge in [-0.25, -0.2) is 9.97 Å². The van der Waals surface area contributed by atoms with Gasteiger partial charge in [-0.15, -0.1) is 0 Å². The van der Waals surface area contributed by atoms with Crippen molar-refractivity contribution in [2.24, 2.45) is 0 Å². The van der Waals surface area contributed by atoms with Crippen LogP contribution in [0, 0.1) is 6.92 Å². The van der Waals surface area contributed by atoms with Gasteiger partial charge in [-0.05, 0) is 22.9 Å². The van der Waals surface area contributed by atoms with Crippen LogP contribution in [0.1, 0.15) is 5.82 Å². The highest BCUT2D eigenvalue weighted by Gasteiger charge is 2.07. The molecule has 0 saturated carbocycles. The summed E-state index contributed by atoms with van der Waals surface area (Å²) in [6.45, 7) is 3.11. The fraction of sp³-hybridized carbons (Fsp3) is 0.300. The Morgan fingerprint density at radius 2 is 2.06 bits per heavy atom. The summed E-state index contributed by atoms with van der Waals surface area (Å²) in [4.78, 5) is 19.8. The van der Waals surface area contributed by atoms with E-state index in [9.17, 15) is 4.79 Å². The van der Waals surface area contributed by atoms with Crippen LogP contribution in [0.3, 0.4) is 0 Å². The molecule has 0 aliphatic carbocycles. The molecule has 0 bridgehead atoms. The molecule has 90 valence electrons. The van der Waals surface area contributed by atoms with E-state index in [0.29, 0.717) is 17.6 Å². The first-order valence-electron chi connectivity index (χ1n) is 4.98. The maximum Gasteiger partial charge on any atom is 0.269 e. The van der Waals surface area contributed by atoms with Crippen LogP contribution in [0.25, 0.3) is 0 Å². The van der Waals surface area contributed by atoms with E-state index >= 15 is 0 Å². The number of nitrogens with zero attached hydrogens (tertiary/aromatic N) is 4. The highest BCUT2D eigenvalue weighted by Crippen LogP contribution is 2.13. The van der Waals surface area contributed by atoms with Gasteiger partial charge in [0.1, 0.15) is 10.3 Å². The Morgan fingerprint density at radius 3 is 2.71 bits per heavy atom. The van der Waals surface area contributed by atoms with Gasteiger partial charge in [-0.3, -0.25) is 9.36 Å². The third-order valence-electron chi connectivity index (χ3n) is 2.45. The summed E-state index contributed by atoms with van der Waals surface area (Å²) in [6, 6.07) is 0. The topological polar surface area (TPSA) is 52.7 Å². The quantitative estimate of drug-likeness (QED) is 0.812. The van der Waals surface area contributed by atoms with Crippen molar-refractivity contribution >= 4 is 27.5 Å². The Morgan fingerprint density at radius 1 is 1.35 bits per heavy atom. The Hall–Kier alpha value is -1.14. The van der Waals surface area contributed by atoms with E-state index < -0.39 is 0 Å². The molecule has 0 atom stereocenters. The molecule has 0 spiro atoms. The second-order valence-electron chi connectivity index (χ2n) is 3.52. The van der Waals surface area contributed by atoms with Crippen LogP contribution in [0.4, 0.5) is 0 Å². The standard InChI is InChI=1S/C10H10BrClN4O/c1-7-13-2-3-15(7)4-5-16-6-14-9(12)8(11)10(16)17/h2-3,6H,4-5H2,1H3. The van der Waals surface area contributed by atoms with Crippen LogP contribution in [-0.2, 0) is 13.1 Å². The van der Waals surface area contributed by atoms with Gasteiger partial charge in [0, 0.05) is 25.5 Å².